The summed E-state index contributed by atoms with van der Waals surface area (Å²) < 4.78 is 23.5. The van der Waals surface area contributed by atoms with Crippen molar-refractivity contribution in [2.45, 2.75) is 64.6 Å². The second-order valence-electron chi connectivity index (χ2n) is 6.56. The molecule has 0 aromatic carbocycles. The van der Waals surface area contributed by atoms with Crippen molar-refractivity contribution < 1.29 is 47.8 Å². The van der Waals surface area contributed by atoms with Crippen LogP contribution in [0.25, 0.3) is 0 Å². The maximum atomic E-state index is 12.0. The predicted octanol–water partition coefficient (Wildman–Crippen LogP) is 1.17. The molecule has 2 rings (SSSR count). The standard InChI is InChI=1S/C20H25NO9/c1-4-14(22)27-11-13-17(29-15(23)5-2)18(30-16(24)6-3)19(28-13)21-9-7-8-12(10-21)20(25)26/h7-10,13,17-19H,4-6,11H2,1-3H3/p+1/t13-,17-,18-,19-/m1/s1. The van der Waals surface area contributed by atoms with Crippen LogP contribution < -0.4 is 4.57 Å². The normalized spacial score (nSPS) is 22.9. The summed E-state index contributed by atoms with van der Waals surface area (Å²) in [6.45, 7) is 4.64. The molecule has 0 aliphatic carbocycles. The molecule has 0 radical (unpaired) electrons. The van der Waals surface area contributed by atoms with Crippen molar-refractivity contribution in [3.8, 4) is 0 Å². The first-order valence-corrected chi connectivity index (χ1v) is 9.74. The fraction of sp³-hybridized carbons (Fsp3) is 0.550. The Hall–Kier alpha value is -3.01. The van der Waals surface area contributed by atoms with Gasteiger partial charge in [-0.2, -0.15) is 4.57 Å². The highest BCUT2D eigenvalue weighted by Gasteiger charge is 2.55. The minimum absolute atomic E-state index is 0.00960. The van der Waals surface area contributed by atoms with Gasteiger partial charge in [-0.25, -0.2) is 4.79 Å². The van der Waals surface area contributed by atoms with Gasteiger partial charge >= 0.3 is 30.1 Å². The lowest BCUT2D eigenvalue weighted by molar-refractivity contribution is -0.765. The third-order valence-corrected chi connectivity index (χ3v) is 4.46. The molecule has 10 nitrogen and oxygen atoms in total. The molecule has 1 aliphatic heterocycles. The van der Waals surface area contributed by atoms with Crippen LogP contribution in [-0.2, 0) is 33.3 Å². The van der Waals surface area contributed by atoms with Gasteiger partial charge in [0.25, 0.3) is 0 Å². The van der Waals surface area contributed by atoms with Crippen molar-refractivity contribution in [1.29, 1.82) is 0 Å². The van der Waals surface area contributed by atoms with Gasteiger partial charge in [-0.3, -0.25) is 14.4 Å². The van der Waals surface area contributed by atoms with E-state index in [9.17, 15) is 24.3 Å². The van der Waals surface area contributed by atoms with Gasteiger partial charge in [0.2, 0.25) is 6.10 Å². The van der Waals surface area contributed by atoms with E-state index in [1.807, 2.05) is 0 Å². The first kappa shape index (κ1) is 23.3. The number of ether oxygens (including phenoxy) is 4. The van der Waals surface area contributed by atoms with E-state index in [0.29, 0.717) is 0 Å². The predicted molar refractivity (Wildman–Crippen MR) is 99.1 cm³/mol. The van der Waals surface area contributed by atoms with E-state index >= 15 is 0 Å². The number of esters is 3. The molecule has 4 atom stereocenters. The van der Waals surface area contributed by atoms with Crippen LogP contribution in [0.3, 0.4) is 0 Å². The summed E-state index contributed by atoms with van der Waals surface area (Å²) in [5.74, 6) is -2.71. The highest BCUT2D eigenvalue weighted by molar-refractivity contribution is 5.86. The number of rotatable bonds is 9. The Balaban J connectivity index is 2.40. The molecule has 0 spiro atoms. The second-order valence-corrected chi connectivity index (χ2v) is 6.56. The summed E-state index contributed by atoms with van der Waals surface area (Å²) in [5.41, 5.74) is -0.00960. The number of carboxylic acids is 1. The zero-order valence-corrected chi connectivity index (χ0v) is 17.1. The van der Waals surface area contributed by atoms with Gasteiger partial charge in [0.05, 0.1) is 0 Å². The summed E-state index contributed by atoms with van der Waals surface area (Å²) in [5, 5.41) is 9.26. The Kier molecular flexibility index (Phi) is 8.28. The molecule has 0 amide bonds. The van der Waals surface area contributed by atoms with Crippen LogP contribution in [0, 0.1) is 0 Å². The largest absolute Gasteiger partial charge is 0.477 e. The smallest absolute Gasteiger partial charge is 0.341 e. The molecule has 10 heteroatoms. The first-order valence-electron chi connectivity index (χ1n) is 9.74. The van der Waals surface area contributed by atoms with Crippen molar-refractivity contribution >= 4 is 23.9 Å². The zero-order chi connectivity index (χ0) is 22.3. The third-order valence-electron chi connectivity index (χ3n) is 4.46. The number of carboxylic acid groups (broad SMARTS) is 1. The maximum Gasteiger partial charge on any atom is 0.341 e. The van der Waals surface area contributed by atoms with Gasteiger partial charge in [0.1, 0.15) is 18.3 Å². The van der Waals surface area contributed by atoms with E-state index in [1.54, 1.807) is 27.0 Å². The number of aromatic carboxylic acids is 1. The summed E-state index contributed by atoms with van der Waals surface area (Å²) >= 11 is 0. The quantitative estimate of drug-likeness (QED) is 0.353. The SMILES string of the molecule is CCC(=O)OC[C@H]1O[C@@H]([n+]2cccc(C(=O)O)c2)[C@H](OC(=O)CC)[C@@H]1OC(=O)CC. The summed E-state index contributed by atoms with van der Waals surface area (Å²) in [4.78, 5) is 46.9. The van der Waals surface area contributed by atoms with Crippen LogP contribution in [0.1, 0.15) is 56.6 Å². The van der Waals surface area contributed by atoms with Gasteiger partial charge in [-0.05, 0) is 6.07 Å². The average molecular weight is 424 g/mol. The molecule has 164 valence electrons. The molecule has 0 saturated carbocycles. The summed E-state index contributed by atoms with van der Waals surface area (Å²) in [6.07, 6.45) is -0.820. The van der Waals surface area contributed by atoms with Crippen molar-refractivity contribution in [3.05, 3.63) is 30.1 Å². The van der Waals surface area contributed by atoms with Crippen LogP contribution in [0.15, 0.2) is 24.5 Å². The second kappa shape index (κ2) is 10.7. The van der Waals surface area contributed by atoms with Crippen molar-refractivity contribution in [2.75, 3.05) is 6.61 Å². The summed E-state index contributed by atoms with van der Waals surface area (Å²) in [7, 11) is 0. The van der Waals surface area contributed by atoms with Gasteiger partial charge in [-0.15, -0.1) is 0 Å². The van der Waals surface area contributed by atoms with E-state index < -0.39 is 48.4 Å². The Labute approximate surface area is 173 Å². The third kappa shape index (κ3) is 5.76. The molecule has 0 bridgehead atoms. The number of carbonyl (C=O) groups excluding carboxylic acids is 3. The lowest BCUT2D eigenvalue weighted by atomic mass is 10.1. The van der Waals surface area contributed by atoms with Gasteiger partial charge in [0, 0.05) is 25.3 Å². The number of carbonyl (C=O) groups is 4. The lowest BCUT2D eigenvalue weighted by Crippen LogP contribution is -2.48. The Morgan fingerprint density at radius 2 is 1.60 bits per heavy atom. The number of nitrogens with zero attached hydrogens (tertiary/aromatic N) is 1. The topological polar surface area (TPSA) is 129 Å². The van der Waals surface area contributed by atoms with E-state index in [4.69, 9.17) is 18.9 Å². The number of hydrogen-bond donors (Lipinski definition) is 1. The highest BCUT2D eigenvalue weighted by atomic mass is 16.7. The molecule has 1 fully saturated rings. The molecule has 0 unspecified atom stereocenters. The van der Waals surface area contributed by atoms with E-state index in [-0.39, 0.29) is 31.4 Å². The van der Waals surface area contributed by atoms with Crippen molar-refractivity contribution in [1.82, 2.24) is 0 Å². The molecule has 1 saturated heterocycles. The minimum Gasteiger partial charge on any atom is -0.477 e. The van der Waals surface area contributed by atoms with E-state index in [0.717, 1.165) is 0 Å². The van der Waals surface area contributed by atoms with Crippen LogP contribution in [-0.4, -0.2) is 53.9 Å². The minimum atomic E-state index is -1.15. The molecular formula is C20H26NO9+. The van der Waals surface area contributed by atoms with Gasteiger partial charge < -0.3 is 24.1 Å². The summed E-state index contributed by atoms with van der Waals surface area (Å²) in [6, 6.07) is 2.90. The molecule has 2 heterocycles. The molecule has 30 heavy (non-hydrogen) atoms. The molecule has 1 N–H and O–H groups in total. The van der Waals surface area contributed by atoms with E-state index in [2.05, 4.69) is 0 Å². The Morgan fingerprint density at radius 3 is 2.17 bits per heavy atom. The first-order chi connectivity index (χ1) is 14.3. The van der Waals surface area contributed by atoms with Gasteiger partial charge in [0.15, 0.2) is 18.5 Å². The van der Waals surface area contributed by atoms with Crippen LogP contribution >= 0.6 is 0 Å². The van der Waals surface area contributed by atoms with Crippen LogP contribution in [0.2, 0.25) is 0 Å². The monoisotopic (exact) mass is 424 g/mol. The van der Waals surface area contributed by atoms with Crippen molar-refractivity contribution in [2.24, 2.45) is 0 Å². The average Bonchev–Trinajstić information content (AvgIpc) is 3.08. The Bertz CT molecular complexity index is 794. The number of hydrogen-bond acceptors (Lipinski definition) is 8. The van der Waals surface area contributed by atoms with Crippen LogP contribution in [0.5, 0.6) is 0 Å². The molecule has 1 aromatic heterocycles. The fourth-order valence-electron chi connectivity index (χ4n) is 2.87. The lowest BCUT2D eigenvalue weighted by Gasteiger charge is -2.22. The highest BCUT2D eigenvalue weighted by Crippen LogP contribution is 2.31. The molecule has 1 aliphatic rings. The number of aromatic nitrogens is 1. The van der Waals surface area contributed by atoms with Crippen LogP contribution in [0.4, 0.5) is 0 Å². The van der Waals surface area contributed by atoms with Gasteiger partial charge in [-0.1, -0.05) is 20.8 Å². The number of pyridine rings is 1. The zero-order valence-electron chi connectivity index (χ0n) is 17.1. The van der Waals surface area contributed by atoms with E-state index in [1.165, 1.54) is 22.9 Å². The Morgan fingerprint density at radius 1 is 1.00 bits per heavy atom. The molecular weight excluding hydrogens is 398 g/mol. The van der Waals surface area contributed by atoms with Crippen molar-refractivity contribution in [3.63, 3.8) is 0 Å². The maximum absolute atomic E-state index is 12.0. The molecule has 1 aromatic rings. The fourth-order valence-corrected chi connectivity index (χ4v) is 2.87.